The summed E-state index contributed by atoms with van der Waals surface area (Å²) in [6.07, 6.45) is 3.08. The van der Waals surface area contributed by atoms with E-state index in [9.17, 15) is 9.59 Å². The first-order chi connectivity index (χ1) is 13.7. The van der Waals surface area contributed by atoms with Crippen LogP contribution in [0.15, 0.2) is 54.6 Å². The lowest BCUT2D eigenvalue weighted by Crippen LogP contribution is -2.22. The van der Waals surface area contributed by atoms with Crippen LogP contribution < -0.4 is 10.8 Å². The number of aromatic nitrogens is 2. The van der Waals surface area contributed by atoms with Crippen LogP contribution in [0.2, 0.25) is 0 Å². The first kappa shape index (κ1) is 19.6. The van der Waals surface area contributed by atoms with Gasteiger partial charge in [-0.2, -0.15) is 0 Å². The Morgan fingerprint density at radius 3 is 2.50 bits per heavy atom. The summed E-state index contributed by atoms with van der Waals surface area (Å²) in [7, 11) is 0. The number of hydroxylamine groups is 1. The average molecular weight is 380 g/mol. The van der Waals surface area contributed by atoms with Gasteiger partial charge in [0.1, 0.15) is 5.82 Å². The number of imidazole rings is 1. The monoisotopic (exact) mass is 380 g/mol. The Hall–Kier alpha value is -3.19. The number of H-pyrrole nitrogens is 1. The van der Waals surface area contributed by atoms with E-state index >= 15 is 0 Å². The molecule has 1 atom stereocenters. The molecule has 3 rings (SSSR count). The fourth-order valence-corrected chi connectivity index (χ4v) is 3.15. The first-order valence-electron chi connectivity index (χ1n) is 9.41. The summed E-state index contributed by atoms with van der Waals surface area (Å²) in [4.78, 5) is 31.9. The van der Waals surface area contributed by atoms with Gasteiger partial charge in [-0.1, -0.05) is 43.2 Å². The van der Waals surface area contributed by atoms with Crippen LogP contribution in [-0.4, -0.2) is 27.0 Å². The topological polar surface area (TPSA) is 107 Å². The number of rotatable bonds is 9. The predicted molar refractivity (Wildman–Crippen MR) is 107 cm³/mol. The van der Waals surface area contributed by atoms with Gasteiger partial charge in [0.2, 0.25) is 11.8 Å². The minimum atomic E-state index is -0.417. The lowest BCUT2D eigenvalue weighted by molar-refractivity contribution is -0.129. The van der Waals surface area contributed by atoms with Gasteiger partial charge in [-0.25, -0.2) is 10.5 Å². The van der Waals surface area contributed by atoms with Crippen molar-refractivity contribution >= 4 is 28.5 Å². The second kappa shape index (κ2) is 9.66. The van der Waals surface area contributed by atoms with E-state index in [4.69, 9.17) is 5.21 Å². The van der Waals surface area contributed by atoms with Crippen LogP contribution in [0.4, 0.5) is 5.69 Å². The van der Waals surface area contributed by atoms with E-state index in [2.05, 4.69) is 15.3 Å². The van der Waals surface area contributed by atoms with Crippen LogP contribution in [0.5, 0.6) is 0 Å². The number of fused-ring (bicyclic) bond motifs is 1. The molecule has 146 valence electrons. The smallest absolute Gasteiger partial charge is 0.243 e. The molecule has 0 fully saturated rings. The van der Waals surface area contributed by atoms with Crippen LogP contribution in [0.1, 0.15) is 43.8 Å². The summed E-state index contributed by atoms with van der Waals surface area (Å²) in [6.45, 7) is 0. The summed E-state index contributed by atoms with van der Waals surface area (Å²) in [5.74, 6) is -0.281. The van der Waals surface area contributed by atoms with Gasteiger partial charge in [-0.05, 0) is 37.1 Å². The molecule has 1 heterocycles. The Balaban J connectivity index is 1.69. The molecule has 0 saturated carbocycles. The SMILES string of the molecule is O=C(CCCCCC(C(=O)Nc1ccccc1)c1nc2ccccc2[nH]1)NO. The molecule has 0 aliphatic carbocycles. The molecule has 0 spiro atoms. The highest BCUT2D eigenvalue weighted by Gasteiger charge is 2.24. The standard InChI is InChI=1S/C21H24N4O3/c26-19(25-28)14-6-2-5-11-16(21(27)22-15-9-3-1-4-10-15)20-23-17-12-7-8-13-18(17)24-20/h1,3-4,7-10,12-13,16,28H,2,5-6,11,14H2,(H,22,27)(H,23,24)(H,25,26). The number of nitrogens with zero attached hydrogens (tertiary/aromatic N) is 1. The minimum absolute atomic E-state index is 0.113. The van der Waals surface area contributed by atoms with Gasteiger partial charge < -0.3 is 10.3 Å². The van der Waals surface area contributed by atoms with E-state index in [1.807, 2.05) is 54.6 Å². The zero-order valence-electron chi connectivity index (χ0n) is 15.5. The highest BCUT2D eigenvalue weighted by molar-refractivity contribution is 5.95. The number of hydrogen-bond donors (Lipinski definition) is 4. The molecule has 1 aromatic heterocycles. The van der Waals surface area contributed by atoms with Crippen molar-refractivity contribution in [2.75, 3.05) is 5.32 Å². The molecule has 0 bridgehead atoms. The molecule has 0 aliphatic heterocycles. The number of hydrogen-bond acceptors (Lipinski definition) is 4. The van der Waals surface area contributed by atoms with Crippen molar-refractivity contribution in [1.29, 1.82) is 0 Å². The Morgan fingerprint density at radius 1 is 1.00 bits per heavy atom. The number of carbonyl (C=O) groups excluding carboxylic acids is 2. The molecule has 7 nitrogen and oxygen atoms in total. The normalized spacial score (nSPS) is 11.9. The molecule has 0 radical (unpaired) electrons. The predicted octanol–water partition coefficient (Wildman–Crippen LogP) is 3.74. The fraction of sp³-hybridized carbons (Fsp3) is 0.286. The van der Waals surface area contributed by atoms with Crippen LogP contribution in [0.25, 0.3) is 11.0 Å². The summed E-state index contributed by atoms with van der Waals surface area (Å²) in [6, 6.07) is 17.0. The van der Waals surface area contributed by atoms with Gasteiger partial charge in [-0.15, -0.1) is 0 Å². The molecule has 28 heavy (non-hydrogen) atoms. The quantitative estimate of drug-likeness (QED) is 0.258. The highest BCUT2D eigenvalue weighted by atomic mass is 16.5. The molecule has 1 unspecified atom stereocenters. The Bertz CT molecular complexity index is 891. The Labute approximate surface area is 163 Å². The van der Waals surface area contributed by atoms with Crippen LogP contribution in [-0.2, 0) is 9.59 Å². The lowest BCUT2D eigenvalue weighted by atomic mass is 9.98. The molecule has 7 heteroatoms. The number of nitrogens with one attached hydrogen (secondary N) is 3. The summed E-state index contributed by atoms with van der Waals surface area (Å²) < 4.78 is 0. The molecule has 2 amide bonds. The van der Waals surface area contributed by atoms with Crippen molar-refractivity contribution in [2.24, 2.45) is 0 Å². The second-order valence-electron chi connectivity index (χ2n) is 6.68. The number of para-hydroxylation sites is 3. The third-order valence-electron chi connectivity index (χ3n) is 4.62. The van der Waals surface area contributed by atoms with Gasteiger partial charge in [0.25, 0.3) is 0 Å². The first-order valence-corrected chi connectivity index (χ1v) is 9.41. The summed E-state index contributed by atoms with van der Waals surface area (Å²) in [5.41, 5.74) is 4.10. The van der Waals surface area contributed by atoms with Crippen LogP contribution >= 0.6 is 0 Å². The highest BCUT2D eigenvalue weighted by Crippen LogP contribution is 2.25. The summed E-state index contributed by atoms with van der Waals surface area (Å²) >= 11 is 0. The lowest BCUT2D eigenvalue weighted by Gasteiger charge is -2.15. The van der Waals surface area contributed by atoms with Gasteiger partial charge in [0.05, 0.1) is 17.0 Å². The van der Waals surface area contributed by atoms with Crippen molar-refractivity contribution in [3.63, 3.8) is 0 Å². The Morgan fingerprint density at radius 2 is 1.75 bits per heavy atom. The van der Waals surface area contributed by atoms with Gasteiger partial charge in [0, 0.05) is 12.1 Å². The van der Waals surface area contributed by atoms with E-state index in [0.717, 1.165) is 29.6 Å². The molecular weight excluding hydrogens is 356 g/mol. The number of aromatic amines is 1. The maximum atomic E-state index is 12.9. The molecule has 3 aromatic rings. The third kappa shape index (κ3) is 5.17. The van der Waals surface area contributed by atoms with Crippen molar-refractivity contribution in [3.05, 3.63) is 60.4 Å². The molecule has 0 saturated heterocycles. The zero-order valence-corrected chi connectivity index (χ0v) is 15.5. The second-order valence-corrected chi connectivity index (χ2v) is 6.68. The van der Waals surface area contributed by atoms with Crippen molar-refractivity contribution in [2.45, 2.75) is 38.0 Å². The van der Waals surface area contributed by atoms with E-state index in [-0.39, 0.29) is 12.3 Å². The number of benzene rings is 2. The van der Waals surface area contributed by atoms with Crippen molar-refractivity contribution in [3.8, 4) is 0 Å². The third-order valence-corrected chi connectivity index (χ3v) is 4.62. The number of carbonyl (C=O) groups is 2. The van der Waals surface area contributed by atoms with Crippen LogP contribution in [0.3, 0.4) is 0 Å². The average Bonchev–Trinajstić information content (AvgIpc) is 3.14. The van der Waals surface area contributed by atoms with Crippen molar-refractivity contribution < 1.29 is 14.8 Å². The number of unbranched alkanes of at least 4 members (excludes halogenated alkanes) is 2. The van der Waals surface area contributed by atoms with E-state index in [1.54, 1.807) is 5.48 Å². The van der Waals surface area contributed by atoms with E-state index in [1.165, 1.54) is 0 Å². The van der Waals surface area contributed by atoms with Gasteiger partial charge in [-0.3, -0.25) is 14.8 Å². The fourth-order valence-electron chi connectivity index (χ4n) is 3.15. The maximum Gasteiger partial charge on any atom is 0.243 e. The molecule has 0 aliphatic rings. The molecule has 4 N–H and O–H groups in total. The van der Waals surface area contributed by atoms with E-state index in [0.29, 0.717) is 18.7 Å². The maximum absolute atomic E-state index is 12.9. The van der Waals surface area contributed by atoms with Crippen LogP contribution in [0, 0.1) is 0 Å². The molecular formula is C21H24N4O3. The zero-order chi connectivity index (χ0) is 19.8. The largest absolute Gasteiger partial charge is 0.341 e. The minimum Gasteiger partial charge on any atom is -0.341 e. The van der Waals surface area contributed by atoms with Gasteiger partial charge >= 0.3 is 0 Å². The van der Waals surface area contributed by atoms with Gasteiger partial charge in [0.15, 0.2) is 0 Å². The molecule has 2 aromatic carbocycles. The van der Waals surface area contributed by atoms with Crippen molar-refractivity contribution in [1.82, 2.24) is 15.4 Å². The number of amides is 2. The summed E-state index contributed by atoms with van der Waals surface area (Å²) in [5, 5.41) is 11.5. The number of anilines is 1. The Kier molecular flexibility index (Phi) is 6.75. The van der Waals surface area contributed by atoms with E-state index < -0.39 is 11.8 Å².